The van der Waals surface area contributed by atoms with E-state index in [2.05, 4.69) is 43.1 Å². The van der Waals surface area contributed by atoms with Crippen LogP contribution in [-0.4, -0.2) is 44.2 Å². The molecule has 0 saturated carbocycles. The van der Waals surface area contributed by atoms with Crippen LogP contribution in [0.3, 0.4) is 0 Å². The van der Waals surface area contributed by atoms with Gasteiger partial charge < -0.3 is 19.5 Å². The summed E-state index contributed by atoms with van der Waals surface area (Å²) in [5.74, 6) is -0.261. The van der Waals surface area contributed by atoms with Gasteiger partial charge in [-0.3, -0.25) is 14.8 Å². The van der Waals surface area contributed by atoms with Gasteiger partial charge in [0.1, 0.15) is 0 Å². The number of thiocarbonyl (C=S) groups is 1. The van der Waals surface area contributed by atoms with Gasteiger partial charge in [0.05, 0.1) is 31.3 Å². The highest BCUT2D eigenvalue weighted by Crippen LogP contribution is 2.38. The lowest BCUT2D eigenvalue weighted by molar-refractivity contribution is -0.140. The molecule has 7 nitrogen and oxygen atoms in total. The van der Waals surface area contributed by atoms with Crippen molar-refractivity contribution < 1.29 is 9.53 Å². The zero-order valence-corrected chi connectivity index (χ0v) is 17.5. The molecule has 4 heterocycles. The van der Waals surface area contributed by atoms with Gasteiger partial charge in [0.2, 0.25) is 0 Å². The molecule has 3 aromatic rings. The molecule has 8 heteroatoms. The van der Waals surface area contributed by atoms with E-state index in [1.807, 2.05) is 36.5 Å². The standard InChI is InChI=1S/C22H23N5O2S/c1-29-19(28)9-13-27-21(20(25-22(27)30)17-7-2-3-11-24-17)18-8-5-12-26(18)15-16-6-4-10-23-14-16/h2-8,10-12,14,20-21H,9,13,15H2,1H3,(H,25,30)/t20-,21+/m1/s1. The summed E-state index contributed by atoms with van der Waals surface area (Å²) in [5.41, 5.74) is 3.10. The summed E-state index contributed by atoms with van der Waals surface area (Å²) >= 11 is 5.65. The van der Waals surface area contributed by atoms with Crippen LogP contribution in [0.4, 0.5) is 0 Å². The minimum absolute atomic E-state index is 0.108. The third-order valence-electron chi connectivity index (χ3n) is 5.23. The number of rotatable bonds is 7. The Morgan fingerprint density at radius 1 is 1.20 bits per heavy atom. The molecule has 0 aliphatic carbocycles. The second kappa shape index (κ2) is 9.04. The molecule has 1 saturated heterocycles. The van der Waals surface area contributed by atoms with Crippen LogP contribution < -0.4 is 5.32 Å². The molecule has 0 amide bonds. The first kappa shape index (κ1) is 20.0. The van der Waals surface area contributed by atoms with E-state index in [1.54, 1.807) is 12.4 Å². The highest BCUT2D eigenvalue weighted by Gasteiger charge is 2.41. The summed E-state index contributed by atoms with van der Waals surface area (Å²) in [4.78, 5) is 22.6. The zero-order chi connectivity index (χ0) is 20.9. The van der Waals surface area contributed by atoms with Gasteiger partial charge in [-0.1, -0.05) is 12.1 Å². The number of aromatic nitrogens is 3. The van der Waals surface area contributed by atoms with E-state index in [-0.39, 0.29) is 24.5 Å². The maximum atomic E-state index is 11.8. The molecular formula is C22H23N5O2S. The fourth-order valence-electron chi connectivity index (χ4n) is 3.81. The lowest BCUT2D eigenvalue weighted by atomic mass is 10.0. The average Bonchev–Trinajstić information content (AvgIpc) is 3.36. The zero-order valence-electron chi connectivity index (χ0n) is 16.6. The van der Waals surface area contributed by atoms with Gasteiger partial charge in [0.15, 0.2) is 5.11 Å². The lowest BCUT2D eigenvalue weighted by Crippen LogP contribution is -2.32. The van der Waals surface area contributed by atoms with Crippen LogP contribution in [0.25, 0.3) is 0 Å². The fraction of sp³-hybridized carbons (Fsp3) is 0.273. The number of hydrogen-bond donors (Lipinski definition) is 1. The lowest BCUT2D eigenvalue weighted by Gasteiger charge is -2.28. The number of nitrogens with one attached hydrogen (secondary N) is 1. The van der Waals surface area contributed by atoms with Crippen LogP contribution in [0, 0.1) is 0 Å². The highest BCUT2D eigenvalue weighted by molar-refractivity contribution is 7.80. The highest BCUT2D eigenvalue weighted by atomic mass is 32.1. The van der Waals surface area contributed by atoms with Gasteiger partial charge in [0, 0.05) is 43.6 Å². The van der Waals surface area contributed by atoms with Crippen LogP contribution in [0.1, 0.15) is 35.5 Å². The van der Waals surface area contributed by atoms with Crippen molar-refractivity contribution in [1.82, 2.24) is 24.8 Å². The number of nitrogens with zero attached hydrogens (tertiary/aromatic N) is 4. The van der Waals surface area contributed by atoms with Gasteiger partial charge in [-0.15, -0.1) is 0 Å². The predicted molar refractivity (Wildman–Crippen MR) is 117 cm³/mol. The molecule has 1 N–H and O–H groups in total. The molecule has 0 aromatic carbocycles. The Balaban J connectivity index is 1.69. The molecule has 1 aliphatic heterocycles. The number of carbonyl (C=O) groups is 1. The van der Waals surface area contributed by atoms with E-state index in [4.69, 9.17) is 17.0 Å². The van der Waals surface area contributed by atoms with Crippen LogP contribution in [0.5, 0.6) is 0 Å². The summed E-state index contributed by atoms with van der Waals surface area (Å²) in [5, 5.41) is 4.01. The minimum atomic E-state index is -0.261. The largest absolute Gasteiger partial charge is 0.469 e. The second-order valence-electron chi connectivity index (χ2n) is 7.07. The van der Waals surface area contributed by atoms with Gasteiger partial charge in [-0.2, -0.15) is 0 Å². The Morgan fingerprint density at radius 3 is 2.83 bits per heavy atom. The molecule has 30 heavy (non-hydrogen) atoms. The molecule has 1 aliphatic rings. The van der Waals surface area contributed by atoms with Crippen molar-refractivity contribution in [2.45, 2.75) is 25.0 Å². The Hall–Kier alpha value is -3.26. The molecule has 3 aromatic heterocycles. The Bertz CT molecular complexity index is 1010. The number of ether oxygens (including phenoxy) is 1. The van der Waals surface area contributed by atoms with E-state index in [0.29, 0.717) is 18.2 Å². The molecule has 0 spiro atoms. The normalized spacial score (nSPS) is 18.3. The van der Waals surface area contributed by atoms with E-state index in [1.165, 1.54) is 7.11 Å². The van der Waals surface area contributed by atoms with Crippen LogP contribution in [0.2, 0.25) is 0 Å². The smallest absolute Gasteiger partial charge is 0.307 e. The molecule has 154 valence electrons. The number of hydrogen-bond acceptors (Lipinski definition) is 5. The summed E-state index contributed by atoms with van der Waals surface area (Å²) < 4.78 is 7.02. The van der Waals surface area contributed by atoms with Crippen molar-refractivity contribution >= 4 is 23.3 Å². The predicted octanol–water partition coefficient (Wildman–Crippen LogP) is 2.86. The molecule has 0 bridgehead atoms. The first-order valence-corrected chi connectivity index (χ1v) is 10.2. The Labute approximate surface area is 180 Å². The van der Waals surface area contributed by atoms with Crippen molar-refractivity contribution in [2.75, 3.05) is 13.7 Å². The van der Waals surface area contributed by atoms with Crippen molar-refractivity contribution in [2.24, 2.45) is 0 Å². The van der Waals surface area contributed by atoms with E-state index < -0.39 is 0 Å². The van der Waals surface area contributed by atoms with Gasteiger partial charge in [0.25, 0.3) is 0 Å². The van der Waals surface area contributed by atoms with Crippen molar-refractivity contribution in [3.05, 3.63) is 84.2 Å². The molecule has 4 rings (SSSR count). The number of esters is 1. The monoisotopic (exact) mass is 421 g/mol. The summed E-state index contributed by atoms with van der Waals surface area (Å²) in [7, 11) is 1.40. The van der Waals surface area contributed by atoms with E-state index in [0.717, 1.165) is 17.0 Å². The topological polar surface area (TPSA) is 72.3 Å². The first-order chi connectivity index (χ1) is 14.7. The van der Waals surface area contributed by atoms with Crippen LogP contribution in [0.15, 0.2) is 67.3 Å². The van der Waals surface area contributed by atoms with Gasteiger partial charge >= 0.3 is 5.97 Å². The van der Waals surface area contributed by atoms with Gasteiger partial charge in [-0.25, -0.2) is 0 Å². The Morgan fingerprint density at radius 2 is 2.10 bits per heavy atom. The summed E-state index contributed by atoms with van der Waals surface area (Å²) in [6, 6.07) is 13.7. The SMILES string of the molecule is COC(=O)CCN1C(=S)N[C@H](c2ccccn2)[C@@H]1c1cccn1Cc1cccnc1. The third kappa shape index (κ3) is 4.18. The quantitative estimate of drug-likeness (QED) is 0.465. The fourth-order valence-corrected chi connectivity index (χ4v) is 4.14. The number of pyridine rings is 2. The Kier molecular flexibility index (Phi) is 6.04. The van der Waals surface area contributed by atoms with Crippen LogP contribution in [-0.2, 0) is 16.1 Å². The summed E-state index contributed by atoms with van der Waals surface area (Å²) in [6.07, 6.45) is 7.73. The molecule has 0 unspecified atom stereocenters. The molecular weight excluding hydrogens is 398 g/mol. The maximum absolute atomic E-state index is 11.8. The second-order valence-corrected chi connectivity index (χ2v) is 7.46. The third-order valence-corrected chi connectivity index (χ3v) is 5.58. The first-order valence-electron chi connectivity index (χ1n) is 9.76. The summed E-state index contributed by atoms with van der Waals surface area (Å²) in [6.45, 7) is 1.16. The minimum Gasteiger partial charge on any atom is -0.469 e. The van der Waals surface area contributed by atoms with Crippen molar-refractivity contribution in [3.63, 3.8) is 0 Å². The van der Waals surface area contributed by atoms with Crippen LogP contribution >= 0.6 is 12.2 Å². The molecule has 0 radical (unpaired) electrons. The van der Waals surface area contributed by atoms with Crippen molar-refractivity contribution in [1.29, 1.82) is 0 Å². The van der Waals surface area contributed by atoms with E-state index in [9.17, 15) is 4.79 Å². The van der Waals surface area contributed by atoms with Gasteiger partial charge in [-0.05, 0) is 48.1 Å². The molecule has 1 fully saturated rings. The van der Waals surface area contributed by atoms with Crippen molar-refractivity contribution in [3.8, 4) is 0 Å². The average molecular weight is 422 g/mol. The molecule has 2 atom stereocenters. The number of methoxy groups -OCH3 is 1. The number of carbonyl (C=O) groups excluding carboxylic acids is 1. The maximum Gasteiger partial charge on any atom is 0.307 e. The van der Waals surface area contributed by atoms with E-state index >= 15 is 0 Å².